The van der Waals surface area contributed by atoms with E-state index in [2.05, 4.69) is 30.1 Å². The zero-order valence-corrected chi connectivity index (χ0v) is 15.2. The van der Waals surface area contributed by atoms with Crippen LogP contribution in [0, 0.1) is 5.82 Å². The molecule has 0 aliphatic heterocycles. The van der Waals surface area contributed by atoms with Gasteiger partial charge in [0.05, 0.1) is 22.9 Å². The number of nitrogens with zero attached hydrogens (tertiary/aromatic N) is 5. The number of fused-ring (bicyclic) bond motifs is 2. The Labute approximate surface area is 159 Å². The quantitative estimate of drug-likeness (QED) is 0.503. The smallest absolute Gasteiger partial charge is 0.178 e. The summed E-state index contributed by atoms with van der Waals surface area (Å²) in [6, 6.07) is 8.87. The maximum atomic E-state index is 14.8. The second kappa shape index (κ2) is 6.12. The number of H-pyrrole nitrogens is 2. The van der Waals surface area contributed by atoms with Gasteiger partial charge in [0.15, 0.2) is 11.5 Å². The van der Waals surface area contributed by atoms with Crippen LogP contribution >= 0.6 is 0 Å². The van der Waals surface area contributed by atoms with Crippen molar-refractivity contribution in [1.29, 1.82) is 0 Å². The maximum absolute atomic E-state index is 14.8. The summed E-state index contributed by atoms with van der Waals surface area (Å²) in [5.74, 6) is 0.240. The molecular weight excluding hydrogens is 357 g/mol. The minimum Gasteiger partial charge on any atom is -0.376 e. The van der Waals surface area contributed by atoms with Gasteiger partial charge in [0.25, 0.3) is 0 Å². The molecule has 0 aliphatic carbocycles. The third-order valence-electron chi connectivity index (χ3n) is 4.68. The number of anilines is 1. The molecule has 0 saturated heterocycles. The highest BCUT2D eigenvalue weighted by Crippen LogP contribution is 2.32. The van der Waals surface area contributed by atoms with E-state index in [-0.39, 0.29) is 5.82 Å². The number of imidazole rings is 1. The summed E-state index contributed by atoms with van der Waals surface area (Å²) in [7, 11) is 3.84. The van der Waals surface area contributed by atoms with Crippen LogP contribution in [0.1, 0.15) is 0 Å². The number of rotatable bonds is 3. The second-order valence-electron chi connectivity index (χ2n) is 6.74. The van der Waals surface area contributed by atoms with Gasteiger partial charge in [0.2, 0.25) is 0 Å². The Kier molecular flexibility index (Phi) is 3.58. The predicted octanol–water partition coefficient (Wildman–Crippen LogP) is 3.77. The number of benzene rings is 1. The van der Waals surface area contributed by atoms with E-state index in [9.17, 15) is 4.39 Å². The Morgan fingerprint density at radius 3 is 2.79 bits per heavy atom. The van der Waals surface area contributed by atoms with E-state index in [4.69, 9.17) is 0 Å². The number of aromatic nitrogens is 6. The number of hydrogen-bond acceptors (Lipinski definition) is 5. The van der Waals surface area contributed by atoms with Crippen molar-refractivity contribution in [3.8, 4) is 22.6 Å². The van der Waals surface area contributed by atoms with E-state index in [0.29, 0.717) is 33.8 Å². The average molecular weight is 373 g/mol. The molecule has 8 heteroatoms. The van der Waals surface area contributed by atoms with Crippen molar-refractivity contribution in [2.75, 3.05) is 19.0 Å². The fourth-order valence-electron chi connectivity index (χ4n) is 3.22. The van der Waals surface area contributed by atoms with Gasteiger partial charge >= 0.3 is 0 Å². The molecule has 0 amide bonds. The molecule has 0 unspecified atom stereocenters. The molecule has 0 bridgehead atoms. The first-order valence-corrected chi connectivity index (χ1v) is 8.71. The highest BCUT2D eigenvalue weighted by molar-refractivity contribution is 5.95. The van der Waals surface area contributed by atoms with E-state index in [1.165, 1.54) is 6.07 Å². The van der Waals surface area contributed by atoms with Crippen LogP contribution in [0.25, 0.3) is 44.7 Å². The average Bonchev–Trinajstić information content (AvgIpc) is 3.30. The van der Waals surface area contributed by atoms with Crippen molar-refractivity contribution in [3.05, 3.63) is 54.7 Å². The fourth-order valence-corrected chi connectivity index (χ4v) is 3.22. The van der Waals surface area contributed by atoms with E-state index >= 15 is 0 Å². The van der Waals surface area contributed by atoms with Gasteiger partial charge in [0.1, 0.15) is 11.5 Å². The van der Waals surface area contributed by atoms with E-state index < -0.39 is 0 Å². The first-order valence-electron chi connectivity index (χ1n) is 8.71. The molecule has 138 valence electrons. The molecule has 2 N–H and O–H groups in total. The summed E-state index contributed by atoms with van der Waals surface area (Å²) in [5, 5.41) is 8.00. The largest absolute Gasteiger partial charge is 0.376 e. The van der Waals surface area contributed by atoms with Crippen molar-refractivity contribution < 1.29 is 4.39 Å². The molecule has 0 atom stereocenters. The van der Waals surface area contributed by atoms with Crippen LogP contribution in [0.15, 0.2) is 48.9 Å². The molecule has 0 spiro atoms. The van der Waals surface area contributed by atoms with Gasteiger partial charge < -0.3 is 9.88 Å². The van der Waals surface area contributed by atoms with Crippen molar-refractivity contribution in [2.45, 2.75) is 0 Å². The minimum atomic E-state index is -0.341. The Balaban J connectivity index is 1.69. The number of pyridine rings is 2. The lowest BCUT2D eigenvalue weighted by molar-refractivity contribution is 0.632. The topological polar surface area (TPSA) is 86.4 Å². The zero-order valence-electron chi connectivity index (χ0n) is 15.2. The van der Waals surface area contributed by atoms with Gasteiger partial charge in [-0.3, -0.25) is 10.1 Å². The number of nitrogens with one attached hydrogen (secondary N) is 2. The minimum absolute atomic E-state index is 0.341. The van der Waals surface area contributed by atoms with Crippen molar-refractivity contribution in [1.82, 2.24) is 30.1 Å². The molecule has 4 heterocycles. The Morgan fingerprint density at radius 1 is 1.07 bits per heavy atom. The Hall–Kier alpha value is -3.81. The lowest BCUT2D eigenvalue weighted by atomic mass is 10.0. The van der Waals surface area contributed by atoms with Crippen molar-refractivity contribution in [3.63, 3.8) is 0 Å². The summed E-state index contributed by atoms with van der Waals surface area (Å²) >= 11 is 0. The molecule has 5 aromatic rings. The molecule has 0 fully saturated rings. The summed E-state index contributed by atoms with van der Waals surface area (Å²) < 4.78 is 14.8. The normalized spacial score (nSPS) is 11.4. The van der Waals surface area contributed by atoms with Gasteiger partial charge in [-0.05, 0) is 24.3 Å². The van der Waals surface area contributed by atoms with Crippen LogP contribution in [0.5, 0.6) is 0 Å². The fraction of sp³-hybridized carbons (Fsp3) is 0.100. The van der Waals surface area contributed by atoms with Crippen LogP contribution in [0.2, 0.25) is 0 Å². The van der Waals surface area contributed by atoms with Crippen LogP contribution in [0.4, 0.5) is 10.1 Å². The summed E-state index contributed by atoms with van der Waals surface area (Å²) in [5.41, 5.74) is 4.70. The lowest BCUT2D eigenvalue weighted by Gasteiger charge is -2.13. The van der Waals surface area contributed by atoms with Gasteiger partial charge in [-0.2, -0.15) is 5.10 Å². The summed E-state index contributed by atoms with van der Waals surface area (Å²) in [6.45, 7) is 0. The SMILES string of the molecule is CN(C)c1cncc(-c2cc3c(-c4nc5ncccc5[nH]4)n[nH]c3cc2F)c1. The summed E-state index contributed by atoms with van der Waals surface area (Å²) in [6.07, 6.45) is 5.08. The van der Waals surface area contributed by atoms with E-state index in [1.807, 2.05) is 37.2 Å². The maximum Gasteiger partial charge on any atom is 0.178 e. The van der Waals surface area contributed by atoms with Crippen LogP contribution in [-0.4, -0.2) is 44.2 Å². The molecule has 1 aromatic carbocycles. The lowest BCUT2D eigenvalue weighted by Crippen LogP contribution is -2.08. The molecule has 0 radical (unpaired) electrons. The second-order valence-corrected chi connectivity index (χ2v) is 6.74. The molecule has 0 saturated carbocycles. The third-order valence-corrected chi connectivity index (χ3v) is 4.68. The van der Waals surface area contributed by atoms with E-state index in [0.717, 1.165) is 16.6 Å². The summed E-state index contributed by atoms with van der Waals surface area (Å²) in [4.78, 5) is 18.1. The Bertz CT molecular complexity index is 1290. The van der Waals surface area contributed by atoms with Gasteiger partial charge in [-0.15, -0.1) is 0 Å². The number of halogens is 1. The number of hydrogen-bond donors (Lipinski definition) is 2. The van der Waals surface area contributed by atoms with Crippen molar-refractivity contribution >= 4 is 27.8 Å². The first-order chi connectivity index (χ1) is 13.6. The monoisotopic (exact) mass is 373 g/mol. The van der Waals surface area contributed by atoms with Crippen molar-refractivity contribution in [2.24, 2.45) is 0 Å². The van der Waals surface area contributed by atoms with Crippen LogP contribution < -0.4 is 4.90 Å². The molecule has 0 aliphatic rings. The molecule has 28 heavy (non-hydrogen) atoms. The van der Waals surface area contributed by atoms with Gasteiger partial charge in [-0.1, -0.05) is 0 Å². The van der Waals surface area contributed by atoms with Crippen LogP contribution in [-0.2, 0) is 0 Å². The molecular formula is C20H16FN7. The van der Waals surface area contributed by atoms with Crippen LogP contribution in [0.3, 0.4) is 0 Å². The van der Waals surface area contributed by atoms with Gasteiger partial charge in [0, 0.05) is 49.1 Å². The highest BCUT2D eigenvalue weighted by Gasteiger charge is 2.17. The van der Waals surface area contributed by atoms with Gasteiger partial charge in [-0.25, -0.2) is 14.4 Å². The molecule has 4 aromatic heterocycles. The predicted molar refractivity (Wildman–Crippen MR) is 106 cm³/mol. The Morgan fingerprint density at radius 2 is 1.96 bits per heavy atom. The zero-order chi connectivity index (χ0) is 19.3. The standard InChI is InChI=1S/C20H16FN7/c1-28(2)12-6-11(9-22-10-12)13-7-14-17(8-15(13)21)26-27-18(14)20-24-16-4-3-5-23-19(16)25-20/h3-10H,1-2H3,(H,26,27)(H,23,24,25). The molecule has 7 nitrogen and oxygen atoms in total. The third kappa shape index (κ3) is 2.58. The molecule has 5 rings (SSSR count). The van der Waals surface area contributed by atoms with E-state index in [1.54, 1.807) is 24.7 Å². The highest BCUT2D eigenvalue weighted by atomic mass is 19.1. The number of aromatic amines is 2. The first kappa shape index (κ1) is 16.4.